The highest BCUT2D eigenvalue weighted by molar-refractivity contribution is 9.10. The Morgan fingerprint density at radius 1 is 1.20 bits per heavy atom. The van der Waals surface area contributed by atoms with Gasteiger partial charge in [-0.3, -0.25) is 0 Å². The van der Waals surface area contributed by atoms with Gasteiger partial charge in [0.2, 0.25) is 0 Å². The molecule has 0 aliphatic rings. The van der Waals surface area contributed by atoms with Gasteiger partial charge < -0.3 is 5.32 Å². The quantitative estimate of drug-likeness (QED) is 0.707. The van der Waals surface area contributed by atoms with E-state index in [0.717, 1.165) is 35.4 Å². The van der Waals surface area contributed by atoms with Gasteiger partial charge in [-0.15, -0.1) is 11.3 Å². The molecule has 2 nitrogen and oxygen atoms in total. The van der Waals surface area contributed by atoms with E-state index in [1.165, 1.54) is 22.6 Å². The lowest BCUT2D eigenvalue weighted by molar-refractivity contribution is 0.674. The maximum Gasteiger partial charge on any atom is 0.125 e. The average molecular weight is 353 g/mol. The molecule has 4 heteroatoms. The molecule has 0 bridgehead atoms. The van der Waals surface area contributed by atoms with Crippen molar-refractivity contribution in [1.29, 1.82) is 0 Å². The maximum atomic E-state index is 4.86. The van der Waals surface area contributed by atoms with Crippen LogP contribution in [0, 0.1) is 0 Å². The van der Waals surface area contributed by atoms with Gasteiger partial charge in [-0.2, -0.15) is 0 Å². The fraction of sp³-hybridized carbons (Fsp3) is 0.438. The Hall–Kier alpha value is -0.710. The predicted molar refractivity (Wildman–Crippen MR) is 91.2 cm³/mol. The summed E-state index contributed by atoms with van der Waals surface area (Å²) in [5.74, 6) is 0. The Balaban J connectivity index is 2.26. The summed E-state index contributed by atoms with van der Waals surface area (Å²) in [5, 5.41) is 4.61. The first-order chi connectivity index (χ1) is 9.76. The number of halogens is 1. The minimum absolute atomic E-state index is 0.936. The number of nitrogens with zero attached hydrogens (tertiary/aromatic N) is 1. The van der Waals surface area contributed by atoms with E-state index >= 15 is 0 Å². The van der Waals surface area contributed by atoms with Crippen molar-refractivity contribution in [3.8, 4) is 10.6 Å². The van der Waals surface area contributed by atoms with E-state index in [-0.39, 0.29) is 0 Å². The van der Waals surface area contributed by atoms with Gasteiger partial charge in [-0.1, -0.05) is 54.4 Å². The van der Waals surface area contributed by atoms with Crippen molar-refractivity contribution in [3.63, 3.8) is 0 Å². The van der Waals surface area contributed by atoms with E-state index in [0.29, 0.717) is 0 Å². The van der Waals surface area contributed by atoms with Gasteiger partial charge in [-0.25, -0.2) is 4.98 Å². The van der Waals surface area contributed by atoms with E-state index in [1.807, 2.05) is 17.4 Å². The molecule has 0 radical (unpaired) electrons. The molecule has 1 aromatic heterocycles. The van der Waals surface area contributed by atoms with Crippen molar-refractivity contribution < 1.29 is 0 Å². The van der Waals surface area contributed by atoms with E-state index in [2.05, 4.69) is 53.3 Å². The molecular formula is C16H21BrN2S. The number of hydrogen-bond donors (Lipinski definition) is 1. The van der Waals surface area contributed by atoms with Crippen LogP contribution in [0.4, 0.5) is 0 Å². The van der Waals surface area contributed by atoms with E-state index < -0.39 is 0 Å². The molecule has 1 aromatic carbocycles. The van der Waals surface area contributed by atoms with Crippen LogP contribution in [0.25, 0.3) is 10.6 Å². The second kappa shape index (κ2) is 7.91. The second-order valence-electron chi connectivity index (χ2n) is 4.80. The highest BCUT2D eigenvalue weighted by atomic mass is 79.9. The third-order valence-electron chi connectivity index (χ3n) is 3.08. The van der Waals surface area contributed by atoms with Crippen molar-refractivity contribution in [2.45, 2.75) is 39.7 Å². The first kappa shape index (κ1) is 15.7. The zero-order valence-corrected chi connectivity index (χ0v) is 14.5. The van der Waals surface area contributed by atoms with E-state index in [1.54, 1.807) is 0 Å². The molecule has 0 fully saturated rings. The van der Waals surface area contributed by atoms with Crippen molar-refractivity contribution in [2.24, 2.45) is 0 Å². The fourth-order valence-electron chi connectivity index (χ4n) is 2.08. The van der Waals surface area contributed by atoms with Gasteiger partial charge in [-0.05, 0) is 25.5 Å². The lowest BCUT2D eigenvalue weighted by Crippen LogP contribution is -2.13. The van der Waals surface area contributed by atoms with Crippen LogP contribution in [0.15, 0.2) is 28.7 Å². The Morgan fingerprint density at radius 2 is 2.00 bits per heavy atom. The lowest BCUT2D eigenvalue weighted by atomic mass is 10.2. The summed E-state index contributed by atoms with van der Waals surface area (Å²) in [4.78, 5) is 6.24. The monoisotopic (exact) mass is 352 g/mol. The summed E-state index contributed by atoms with van der Waals surface area (Å²) < 4.78 is 1.12. The average Bonchev–Trinajstić information content (AvgIpc) is 2.83. The minimum atomic E-state index is 0.936. The molecule has 0 amide bonds. The van der Waals surface area contributed by atoms with Crippen LogP contribution in [-0.2, 0) is 13.0 Å². The smallest absolute Gasteiger partial charge is 0.125 e. The second-order valence-corrected chi connectivity index (χ2v) is 6.73. The molecule has 0 atom stereocenters. The Morgan fingerprint density at radius 3 is 2.70 bits per heavy atom. The van der Waals surface area contributed by atoms with Gasteiger partial charge in [0.25, 0.3) is 0 Å². The first-order valence-electron chi connectivity index (χ1n) is 7.20. The third-order valence-corrected chi connectivity index (χ3v) is 4.90. The molecule has 0 aliphatic heterocycles. The zero-order chi connectivity index (χ0) is 14.4. The standard InChI is InChI=1S/C16H21BrN2S/c1-3-7-14-15(11-18-10-4-2)20-16(19-14)12-8-5-6-9-13(12)17/h5-6,8-9,18H,3-4,7,10-11H2,1-2H3. The van der Waals surface area contributed by atoms with Gasteiger partial charge in [0.05, 0.1) is 5.69 Å². The highest BCUT2D eigenvalue weighted by Gasteiger charge is 2.13. The van der Waals surface area contributed by atoms with Crippen LogP contribution in [0.3, 0.4) is 0 Å². The molecule has 0 aliphatic carbocycles. The van der Waals surface area contributed by atoms with Crippen LogP contribution in [0.2, 0.25) is 0 Å². The third kappa shape index (κ3) is 3.90. The first-order valence-corrected chi connectivity index (χ1v) is 8.81. The van der Waals surface area contributed by atoms with Crippen molar-refractivity contribution in [3.05, 3.63) is 39.3 Å². The van der Waals surface area contributed by atoms with Crippen molar-refractivity contribution in [2.75, 3.05) is 6.54 Å². The zero-order valence-electron chi connectivity index (χ0n) is 12.1. The van der Waals surface area contributed by atoms with Crippen molar-refractivity contribution >= 4 is 27.3 Å². The number of nitrogens with one attached hydrogen (secondary N) is 1. The van der Waals surface area contributed by atoms with Gasteiger partial charge in [0.15, 0.2) is 0 Å². The Labute approximate surface area is 133 Å². The molecule has 2 aromatic rings. The van der Waals surface area contributed by atoms with Gasteiger partial charge in [0, 0.05) is 21.5 Å². The molecule has 108 valence electrons. The molecular weight excluding hydrogens is 332 g/mol. The number of aromatic nitrogens is 1. The summed E-state index contributed by atoms with van der Waals surface area (Å²) >= 11 is 5.43. The SMILES string of the molecule is CCCNCc1sc(-c2ccccc2Br)nc1CCC. The summed E-state index contributed by atoms with van der Waals surface area (Å²) in [5.41, 5.74) is 2.45. The van der Waals surface area contributed by atoms with Crippen LogP contribution in [-0.4, -0.2) is 11.5 Å². The molecule has 0 saturated heterocycles. The summed E-state index contributed by atoms with van der Waals surface area (Å²) in [6.45, 7) is 6.40. The van der Waals surface area contributed by atoms with Gasteiger partial charge >= 0.3 is 0 Å². The molecule has 0 unspecified atom stereocenters. The fourth-order valence-corrected chi connectivity index (χ4v) is 3.80. The molecule has 2 rings (SSSR count). The summed E-state index contributed by atoms with van der Waals surface area (Å²) in [7, 11) is 0. The molecule has 20 heavy (non-hydrogen) atoms. The van der Waals surface area contributed by atoms with E-state index in [4.69, 9.17) is 4.98 Å². The van der Waals surface area contributed by atoms with Crippen LogP contribution < -0.4 is 5.32 Å². The predicted octanol–water partition coefficient (Wildman–Crippen LogP) is 5.02. The minimum Gasteiger partial charge on any atom is -0.312 e. The Bertz CT molecular complexity index is 551. The highest BCUT2D eigenvalue weighted by Crippen LogP contribution is 2.33. The molecule has 1 heterocycles. The van der Waals surface area contributed by atoms with Crippen molar-refractivity contribution in [1.82, 2.24) is 10.3 Å². The normalized spacial score (nSPS) is 10.9. The molecule has 1 N–H and O–H groups in total. The summed E-state index contributed by atoms with van der Waals surface area (Å²) in [6, 6.07) is 8.31. The van der Waals surface area contributed by atoms with Crippen LogP contribution in [0.5, 0.6) is 0 Å². The van der Waals surface area contributed by atoms with E-state index in [9.17, 15) is 0 Å². The van der Waals surface area contributed by atoms with Crippen LogP contribution >= 0.6 is 27.3 Å². The number of thiazole rings is 1. The topological polar surface area (TPSA) is 24.9 Å². The molecule has 0 spiro atoms. The number of benzene rings is 1. The number of hydrogen-bond acceptors (Lipinski definition) is 3. The Kier molecular flexibility index (Phi) is 6.20. The largest absolute Gasteiger partial charge is 0.312 e. The number of rotatable bonds is 7. The number of aryl methyl sites for hydroxylation is 1. The maximum absolute atomic E-state index is 4.86. The molecule has 0 saturated carbocycles. The van der Waals surface area contributed by atoms with Crippen LogP contribution in [0.1, 0.15) is 37.3 Å². The van der Waals surface area contributed by atoms with Gasteiger partial charge in [0.1, 0.15) is 5.01 Å². The lowest BCUT2D eigenvalue weighted by Gasteiger charge is -2.02. The summed E-state index contributed by atoms with van der Waals surface area (Å²) in [6.07, 6.45) is 3.36.